The van der Waals surface area contributed by atoms with Gasteiger partial charge in [-0.3, -0.25) is 4.79 Å². The van der Waals surface area contributed by atoms with Crippen LogP contribution in [0.25, 0.3) is 9.88 Å². The second-order valence-corrected chi connectivity index (χ2v) is 8.50. The van der Waals surface area contributed by atoms with E-state index in [1.165, 1.54) is 25.9 Å². The van der Waals surface area contributed by atoms with Gasteiger partial charge in [0.05, 0.1) is 17.0 Å². The van der Waals surface area contributed by atoms with Crippen molar-refractivity contribution < 1.29 is 4.79 Å². The van der Waals surface area contributed by atoms with Gasteiger partial charge in [-0.05, 0) is 47.9 Å². The van der Waals surface area contributed by atoms with Crippen molar-refractivity contribution in [1.29, 1.82) is 0 Å². The van der Waals surface area contributed by atoms with E-state index in [1.54, 1.807) is 22.7 Å². The topological polar surface area (TPSA) is 36.4 Å². The number of carbonyl (C=O) groups is 1. The molecule has 0 bridgehead atoms. The van der Waals surface area contributed by atoms with E-state index in [-0.39, 0.29) is 5.91 Å². The van der Waals surface area contributed by atoms with Crippen LogP contribution < -0.4 is 0 Å². The van der Waals surface area contributed by atoms with Crippen molar-refractivity contribution >= 4 is 44.5 Å². The number of hydrogen-bond acceptors (Lipinski definition) is 5. The van der Waals surface area contributed by atoms with Gasteiger partial charge in [0.1, 0.15) is 5.01 Å². The monoisotopic (exact) mass is 413 g/mol. The second-order valence-electron chi connectivity index (χ2n) is 5.81. The molecule has 124 valence electrons. The zero-order chi connectivity index (χ0) is 16.2. The van der Waals surface area contributed by atoms with E-state index in [1.807, 2.05) is 22.7 Å². The van der Waals surface area contributed by atoms with Crippen molar-refractivity contribution in [3.63, 3.8) is 0 Å². The predicted molar refractivity (Wildman–Crippen MR) is 100 cm³/mol. The number of rotatable bonds is 6. The molecule has 0 aliphatic carbocycles. The Morgan fingerprint density at radius 2 is 2.13 bits per heavy atom. The molecule has 0 N–H and O–H groups in total. The lowest BCUT2D eigenvalue weighted by Crippen LogP contribution is -2.36. The normalized spacial score (nSPS) is 15.2. The Hall–Kier alpha value is -0.760. The number of amides is 1. The minimum Gasteiger partial charge on any atom is -0.344 e. The average molecular weight is 414 g/mol. The highest BCUT2D eigenvalue weighted by atomic mass is 79.9. The van der Waals surface area contributed by atoms with E-state index in [9.17, 15) is 4.79 Å². The fourth-order valence-electron chi connectivity index (χ4n) is 2.64. The number of likely N-dealkylation sites (N-methyl/N-ethyl adjacent to an activating group) is 1. The molecule has 1 amide bonds. The molecule has 0 spiro atoms. The molecular formula is C16H20BrN3OS2. The van der Waals surface area contributed by atoms with Gasteiger partial charge < -0.3 is 9.80 Å². The van der Waals surface area contributed by atoms with Gasteiger partial charge in [-0.25, -0.2) is 4.98 Å². The molecule has 7 heteroatoms. The first kappa shape index (κ1) is 17.1. The molecule has 1 aliphatic rings. The summed E-state index contributed by atoms with van der Waals surface area (Å²) in [7, 11) is 1.89. The Balaban J connectivity index is 1.52. The Kier molecular flexibility index (Phi) is 5.85. The minimum atomic E-state index is 0.147. The number of thiazole rings is 1. The SMILES string of the molecule is CN(CCN1CCCC1)C(=O)Cc1csc(-c2cc(Br)cs2)n1. The van der Waals surface area contributed by atoms with Gasteiger partial charge in [0.25, 0.3) is 0 Å². The number of nitrogens with zero attached hydrogens (tertiary/aromatic N) is 3. The molecule has 1 aliphatic heterocycles. The van der Waals surface area contributed by atoms with Crippen LogP contribution in [-0.4, -0.2) is 53.9 Å². The number of likely N-dealkylation sites (tertiary alicyclic amines) is 1. The highest BCUT2D eigenvalue weighted by molar-refractivity contribution is 9.10. The highest BCUT2D eigenvalue weighted by Crippen LogP contribution is 2.32. The molecule has 1 fully saturated rings. The van der Waals surface area contributed by atoms with Crippen molar-refractivity contribution in [1.82, 2.24) is 14.8 Å². The van der Waals surface area contributed by atoms with Crippen molar-refractivity contribution in [3.05, 3.63) is 27.0 Å². The van der Waals surface area contributed by atoms with Crippen LogP contribution in [0.1, 0.15) is 18.5 Å². The molecule has 0 atom stereocenters. The van der Waals surface area contributed by atoms with E-state index < -0.39 is 0 Å². The zero-order valence-electron chi connectivity index (χ0n) is 13.1. The van der Waals surface area contributed by atoms with Gasteiger partial charge in [0.15, 0.2) is 0 Å². The van der Waals surface area contributed by atoms with Crippen LogP contribution in [0.2, 0.25) is 0 Å². The fraction of sp³-hybridized carbons (Fsp3) is 0.500. The molecule has 2 aromatic heterocycles. The zero-order valence-corrected chi connectivity index (χ0v) is 16.3. The lowest BCUT2D eigenvalue weighted by molar-refractivity contribution is -0.129. The Morgan fingerprint density at radius 3 is 2.83 bits per heavy atom. The third-order valence-corrected chi connectivity index (χ3v) is 6.79. The second kappa shape index (κ2) is 7.88. The molecule has 3 rings (SSSR count). The predicted octanol–water partition coefficient (Wildman–Crippen LogP) is 3.73. The summed E-state index contributed by atoms with van der Waals surface area (Å²) in [5, 5.41) is 5.03. The standard InChI is InChI=1S/C16H20BrN3OS2/c1-19(6-7-20-4-2-3-5-20)15(21)9-13-11-23-16(18-13)14-8-12(17)10-22-14/h8,10-11H,2-7,9H2,1H3. The van der Waals surface area contributed by atoms with Gasteiger partial charge in [-0.2, -0.15) is 0 Å². The summed E-state index contributed by atoms with van der Waals surface area (Å²) < 4.78 is 1.08. The summed E-state index contributed by atoms with van der Waals surface area (Å²) in [5.41, 5.74) is 0.868. The Bertz CT molecular complexity index is 664. The number of carbonyl (C=O) groups excluding carboxylic acids is 1. The summed E-state index contributed by atoms with van der Waals surface area (Å²) >= 11 is 6.73. The van der Waals surface area contributed by atoms with Crippen molar-refractivity contribution in [2.75, 3.05) is 33.2 Å². The molecule has 1 saturated heterocycles. The summed E-state index contributed by atoms with van der Waals surface area (Å²) in [5.74, 6) is 0.147. The van der Waals surface area contributed by atoms with Crippen LogP contribution in [0.4, 0.5) is 0 Å². The van der Waals surface area contributed by atoms with Crippen LogP contribution in [-0.2, 0) is 11.2 Å². The number of hydrogen-bond donors (Lipinski definition) is 0. The van der Waals surface area contributed by atoms with Crippen LogP contribution in [0, 0.1) is 0 Å². The molecule has 2 aromatic rings. The lowest BCUT2D eigenvalue weighted by atomic mass is 10.3. The van der Waals surface area contributed by atoms with Crippen LogP contribution in [0.15, 0.2) is 21.3 Å². The first-order chi connectivity index (χ1) is 11.1. The minimum absolute atomic E-state index is 0.147. The van der Waals surface area contributed by atoms with E-state index in [0.29, 0.717) is 6.42 Å². The quantitative estimate of drug-likeness (QED) is 0.723. The number of halogens is 1. The molecule has 0 saturated carbocycles. The third kappa shape index (κ3) is 4.62. The van der Waals surface area contributed by atoms with Gasteiger partial charge in [-0.15, -0.1) is 22.7 Å². The van der Waals surface area contributed by atoms with Crippen molar-refractivity contribution in [3.8, 4) is 9.88 Å². The molecule has 3 heterocycles. The van der Waals surface area contributed by atoms with Gasteiger partial charge >= 0.3 is 0 Å². The molecule has 0 radical (unpaired) electrons. The Morgan fingerprint density at radius 1 is 1.35 bits per heavy atom. The maximum absolute atomic E-state index is 12.3. The highest BCUT2D eigenvalue weighted by Gasteiger charge is 2.16. The molecular weight excluding hydrogens is 394 g/mol. The lowest BCUT2D eigenvalue weighted by Gasteiger charge is -2.21. The Labute approximate surface area is 153 Å². The first-order valence-electron chi connectivity index (χ1n) is 7.77. The third-order valence-electron chi connectivity index (χ3n) is 4.04. The maximum Gasteiger partial charge on any atom is 0.228 e. The maximum atomic E-state index is 12.3. The number of aromatic nitrogens is 1. The number of thiophene rings is 1. The van der Waals surface area contributed by atoms with Crippen molar-refractivity contribution in [2.45, 2.75) is 19.3 Å². The fourth-order valence-corrected chi connectivity index (χ4v) is 4.97. The van der Waals surface area contributed by atoms with Gasteiger partial charge in [0, 0.05) is 35.4 Å². The summed E-state index contributed by atoms with van der Waals surface area (Å²) in [4.78, 5) is 22.3. The van der Waals surface area contributed by atoms with E-state index in [4.69, 9.17) is 0 Å². The average Bonchev–Trinajstić information content (AvgIpc) is 3.25. The van der Waals surface area contributed by atoms with E-state index in [0.717, 1.165) is 33.1 Å². The molecule has 4 nitrogen and oxygen atoms in total. The summed E-state index contributed by atoms with van der Waals surface area (Å²) in [6, 6.07) is 2.07. The van der Waals surface area contributed by atoms with Crippen LogP contribution in [0.3, 0.4) is 0 Å². The van der Waals surface area contributed by atoms with Crippen LogP contribution >= 0.6 is 38.6 Å². The first-order valence-corrected chi connectivity index (χ1v) is 10.3. The van der Waals surface area contributed by atoms with Crippen molar-refractivity contribution in [2.24, 2.45) is 0 Å². The van der Waals surface area contributed by atoms with Crippen LogP contribution in [0.5, 0.6) is 0 Å². The summed E-state index contributed by atoms with van der Waals surface area (Å²) in [6.45, 7) is 4.13. The summed E-state index contributed by atoms with van der Waals surface area (Å²) in [6.07, 6.45) is 2.97. The van der Waals surface area contributed by atoms with E-state index in [2.05, 4.69) is 31.9 Å². The smallest absolute Gasteiger partial charge is 0.228 e. The molecule has 0 aromatic carbocycles. The van der Waals surface area contributed by atoms with Gasteiger partial charge in [0.2, 0.25) is 5.91 Å². The molecule has 23 heavy (non-hydrogen) atoms. The largest absolute Gasteiger partial charge is 0.344 e. The molecule has 0 unspecified atom stereocenters. The van der Waals surface area contributed by atoms with Gasteiger partial charge in [-0.1, -0.05) is 0 Å². The van der Waals surface area contributed by atoms with E-state index >= 15 is 0 Å².